The number of hydrogen-bond acceptors (Lipinski definition) is 5. The van der Waals surface area contributed by atoms with Crippen molar-refractivity contribution in [2.45, 2.75) is 9.79 Å². The number of para-hydroxylation sites is 1. The number of hydrogen-bond donors (Lipinski definition) is 3. The van der Waals surface area contributed by atoms with Crippen molar-refractivity contribution in [3.63, 3.8) is 0 Å². The van der Waals surface area contributed by atoms with Crippen molar-refractivity contribution in [3.05, 3.63) is 36.7 Å². The van der Waals surface area contributed by atoms with Gasteiger partial charge in [-0.1, -0.05) is 12.1 Å². The Kier molecular flexibility index (Phi) is 3.30. The molecule has 1 aromatic carbocycles. The smallest absolute Gasteiger partial charge is 0.265 e. The predicted octanol–water partition coefficient (Wildman–Crippen LogP) is -0.142. The third kappa shape index (κ3) is 2.92. The van der Waals surface area contributed by atoms with Crippen LogP contribution in [0.4, 0.5) is 5.69 Å². The van der Waals surface area contributed by atoms with E-state index in [9.17, 15) is 16.8 Å². The van der Waals surface area contributed by atoms with Crippen LogP contribution in [0, 0.1) is 0 Å². The van der Waals surface area contributed by atoms with Crippen LogP contribution in [-0.4, -0.2) is 27.0 Å². The molecule has 0 atom stereocenters. The summed E-state index contributed by atoms with van der Waals surface area (Å²) in [5, 5.41) is 10.9. The van der Waals surface area contributed by atoms with Gasteiger partial charge in [-0.2, -0.15) is 5.10 Å². The summed E-state index contributed by atoms with van der Waals surface area (Å²) in [6, 6.07) is 5.44. The maximum atomic E-state index is 11.9. The number of H-pyrrole nitrogens is 1. The van der Waals surface area contributed by atoms with Gasteiger partial charge in [0.1, 0.15) is 9.79 Å². The van der Waals surface area contributed by atoms with Crippen molar-refractivity contribution in [1.29, 1.82) is 0 Å². The Morgan fingerprint density at radius 2 is 1.84 bits per heavy atom. The molecule has 0 saturated carbocycles. The summed E-state index contributed by atoms with van der Waals surface area (Å²) in [6.45, 7) is 0. The number of rotatable bonds is 4. The van der Waals surface area contributed by atoms with E-state index in [2.05, 4.69) is 14.9 Å². The van der Waals surface area contributed by atoms with E-state index in [1.165, 1.54) is 30.5 Å². The zero-order valence-corrected chi connectivity index (χ0v) is 11.1. The molecule has 0 amide bonds. The molecule has 4 N–H and O–H groups in total. The molecule has 0 unspecified atom stereocenters. The SMILES string of the molecule is NS(=O)(=O)c1ccccc1NS(=O)(=O)c1cn[nH]c1. The Morgan fingerprint density at radius 1 is 1.16 bits per heavy atom. The van der Waals surface area contributed by atoms with Crippen LogP contribution in [0.15, 0.2) is 46.5 Å². The summed E-state index contributed by atoms with van der Waals surface area (Å²) < 4.78 is 48.7. The van der Waals surface area contributed by atoms with Crippen molar-refractivity contribution in [3.8, 4) is 0 Å². The van der Waals surface area contributed by atoms with Crippen LogP contribution in [0.3, 0.4) is 0 Å². The second kappa shape index (κ2) is 4.64. The highest BCUT2D eigenvalue weighted by atomic mass is 32.2. The standard InChI is InChI=1S/C9H10N4O4S2/c10-18(14,15)9-4-2-1-3-8(9)13-19(16,17)7-5-11-12-6-7/h1-6,13H,(H,11,12)(H2,10,14,15). The molecule has 1 aromatic heterocycles. The second-order valence-corrected chi connectivity index (χ2v) is 6.79. The van der Waals surface area contributed by atoms with Gasteiger partial charge in [-0.25, -0.2) is 22.0 Å². The van der Waals surface area contributed by atoms with E-state index >= 15 is 0 Å². The van der Waals surface area contributed by atoms with Gasteiger partial charge in [-0.3, -0.25) is 9.82 Å². The molecule has 0 saturated heterocycles. The summed E-state index contributed by atoms with van der Waals surface area (Å²) in [5.74, 6) is 0. The number of nitrogens with zero attached hydrogens (tertiary/aromatic N) is 1. The minimum absolute atomic E-state index is 0.114. The monoisotopic (exact) mass is 302 g/mol. The Balaban J connectivity index is 2.46. The predicted molar refractivity (Wildman–Crippen MR) is 67.2 cm³/mol. The summed E-state index contributed by atoms with van der Waals surface area (Å²) >= 11 is 0. The highest BCUT2D eigenvalue weighted by Crippen LogP contribution is 2.22. The molecule has 0 radical (unpaired) electrons. The summed E-state index contributed by atoms with van der Waals surface area (Å²) in [4.78, 5) is -0.418. The number of benzene rings is 1. The molecule has 0 aliphatic carbocycles. The number of nitrogens with two attached hydrogens (primary N) is 1. The molecular weight excluding hydrogens is 292 g/mol. The molecule has 10 heteroatoms. The molecule has 0 bridgehead atoms. The highest BCUT2D eigenvalue weighted by Gasteiger charge is 2.20. The average molecular weight is 302 g/mol. The molecule has 102 valence electrons. The highest BCUT2D eigenvalue weighted by molar-refractivity contribution is 7.93. The summed E-state index contributed by atoms with van der Waals surface area (Å²) in [5.41, 5.74) is -0.119. The normalized spacial score (nSPS) is 12.3. The van der Waals surface area contributed by atoms with Gasteiger partial charge in [0.25, 0.3) is 10.0 Å². The van der Waals surface area contributed by atoms with Crippen molar-refractivity contribution in [1.82, 2.24) is 10.2 Å². The van der Waals surface area contributed by atoms with E-state index in [-0.39, 0.29) is 15.5 Å². The zero-order chi connectivity index (χ0) is 14.1. The number of sulfonamides is 2. The average Bonchev–Trinajstić information content (AvgIpc) is 2.81. The van der Waals surface area contributed by atoms with E-state index in [1.54, 1.807) is 0 Å². The summed E-state index contributed by atoms with van der Waals surface area (Å²) in [7, 11) is -7.94. The Labute approximate surface area is 109 Å². The fourth-order valence-corrected chi connectivity index (χ4v) is 3.13. The minimum atomic E-state index is -4.03. The Bertz CT molecular complexity index is 781. The molecule has 1 heterocycles. The largest absolute Gasteiger partial charge is 0.284 e. The molecule has 2 rings (SSSR count). The number of primary sulfonamides is 1. The lowest BCUT2D eigenvalue weighted by Crippen LogP contribution is -2.18. The van der Waals surface area contributed by atoms with E-state index in [0.717, 1.165) is 6.20 Å². The molecular formula is C9H10N4O4S2. The van der Waals surface area contributed by atoms with Crippen LogP contribution >= 0.6 is 0 Å². The first kappa shape index (κ1) is 13.5. The maximum absolute atomic E-state index is 11.9. The van der Waals surface area contributed by atoms with Crippen LogP contribution in [0.1, 0.15) is 0 Å². The van der Waals surface area contributed by atoms with Gasteiger partial charge in [-0.05, 0) is 12.1 Å². The van der Waals surface area contributed by atoms with E-state index in [1.807, 2.05) is 0 Å². The first-order valence-corrected chi connectivity index (χ1v) is 7.97. The van der Waals surface area contributed by atoms with Gasteiger partial charge in [0.05, 0.1) is 11.9 Å². The van der Waals surface area contributed by atoms with E-state index < -0.39 is 20.0 Å². The molecule has 0 aliphatic heterocycles. The second-order valence-electron chi connectivity index (χ2n) is 3.58. The number of aromatic nitrogens is 2. The molecule has 2 aromatic rings. The lowest BCUT2D eigenvalue weighted by molar-refractivity contribution is 0.598. The first-order valence-electron chi connectivity index (χ1n) is 4.94. The van der Waals surface area contributed by atoms with Gasteiger partial charge in [0, 0.05) is 6.20 Å². The number of anilines is 1. The molecule has 8 nitrogen and oxygen atoms in total. The lowest BCUT2D eigenvalue weighted by atomic mass is 10.3. The fourth-order valence-electron chi connectivity index (χ4n) is 1.39. The van der Waals surface area contributed by atoms with Gasteiger partial charge >= 0.3 is 0 Å². The van der Waals surface area contributed by atoms with Crippen LogP contribution in [0.5, 0.6) is 0 Å². The molecule has 19 heavy (non-hydrogen) atoms. The minimum Gasteiger partial charge on any atom is -0.284 e. The number of nitrogens with one attached hydrogen (secondary N) is 2. The van der Waals surface area contributed by atoms with E-state index in [4.69, 9.17) is 5.14 Å². The maximum Gasteiger partial charge on any atom is 0.265 e. The van der Waals surface area contributed by atoms with Gasteiger partial charge in [0.15, 0.2) is 0 Å². The first-order chi connectivity index (χ1) is 8.81. The van der Waals surface area contributed by atoms with E-state index in [0.29, 0.717) is 0 Å². The molecule has 0 spiro atoms. The zero-order valence-electron chi connectivity index (χ0n) is 9.44. The van der Waals surface area contributed by atoms with Crippen molar-refractivity contribution in [2.75, 3.05) is 4.72 Å². The third-order valence-corrected chi connectivity index (χ3v) is 4.52. The number of aromatic amines is 1. The van der Waals surface area contributed by atoms with Gasteiger partial charge in [0.2, 0.25) is 10.0 Å². The quantitative estimate of drug-likeness (QED) is 0.722. The molecule has 0 aliphatic rings. The fraction of sp³-hybridized carbons (Fsp3) is 0. The molecule has 0 fully saturated rings. The van der Waals surface area contributed by atoms with Crippen molar-refractivity contribution in [2.24, 2.45) is 5.14 Å². The summed E-state index contributed by atoms with van der Waals surface area (Å²) in [6.07, 6.45) is 2.27. The van der Waals surface area contributed by atoms with Crippen LogP contribution in [-0.2, 0) is 20.0 Å². The van der Waals surface area contributed by atoms with Gasteiger partial charge in [-0.15, -0.1) is 0 Å². The van der Waals surface area contributed by atoms with Crippen LogP contribution in [0.2, 0.25) is 0 Å². The Hall–Kier alpha value is -1.91. The topological polar surface area (TPSA) is 135 Å². The van der Waals surface area contributed by atoms with Crippen LogP contribution < -0.4 is 9.86 Å². The van der Waals surface area contributed by atoms with Crippen LogP contribution in [0.25, 0.3) is 0 Å². The van der Waals surface area contributed by atoms with Gasteiger partial charge < -0.3 is 0 Å². The third-order valence-electron chi connectivity index (χ3n) is 2.22. The van der Waals surface area contributed by atoms with Crippen molar-refractivity contribution < 1.29 is 16.8 Å². The van der Waals surface area contributed by atoms with Crippen molar-refractivity contribution >= 4 is 25.7 Å². The Morgan fingerprint density at radius 3 is 2.42 bits per heavy atom. The lowest BCUT2D eigenvalue weighted by Gasteiger charge is -2.09.